The topological polar surface area (TPSA) is 96.5 Å². The highest BCUT2D eigenvalue weighted by Gasteiger charge is 2.26. The minimum atomic E-state index is -3.73. The van der Waals surface area contributed by atoms with Crippen LogP contribution in [-0.2, 0) is 10.0 Å². The van der Waals surface area contributed by atoms with E-state index in [-0.39, 0.29) is 35.0 Å². The van der Waals surface area contributed by atoms with Gasteiger partial charge in [-0.25, -0.2) is 13.1 Å². The maximum Gasteiger partial charge on any atom is 0.251 e. The van der Waals surface area contributed by atoms with E-state index in [0.717, 1.165) is 25.7 Å². The normalized spacial score (nSPS) is 14.8. The highest BCUT2D eigenvalue weighted by Crippen LogP contribution is 2.27. The number of rotatable bonds is 8. The summed E-state index contributed by atoms with van der Waals surface area (Å²) in [5.74, 6) is -0.0857. The van der Waals surface area contributed by atoms with E-state index in [0.29, 0.717) is 18.7 Å². The number of sulfonamides is 1. The van der Waals surface area contributed by atoms with Crippen LogP contribution in [0.3, 0.4) is 0 Å². The third-order valence-corrected chi connectivity index (χ3v) is 5.59. The molecule has 9 heteroatoms. The maximum absolute atomic E-state index is 12.7. The summed E-state index contributed by atoms with van der Waals surface area (Å²) in [6.07, 6.45) is 3.73. The number of halogens is 1. The number of ether oxygens (including phenoxy) is 1. The predicted molar refractivity (Wildman–Crippen MR) is 99.1 cm³/mol. The number of carbonyl (C=O) groups excluding carboxylic acids is 1. The highest BCUT2D eigenvalue weighted by atomic mass is 35.5. The average Bonchev–Trinajstić information content (AvgIpc) is 3.06. The van der Waals surface area contributed by atoms with Crippen molar-refractivity contribution >= 4 is 28.3 Å². The predicted octanol–water partition coefficient (Wildman–Crippen LogP) is 1.29. The fourth-order valence-electron chi connectivity index (χ4n) is 2.76. The van der Waals surface area contributed by atoms with Gasteiger partial charge in [-0.2, -0.15) is 0 Å². The summed E-state index contributed by atoms with van der Waals surface area (Å²) in [6.45, 7) is 1.10. The molecule has 0 radical (unpaired) electrons. The summed E-state index contributed by atoms with van der Waals surface area (Å²) in [6, 6.07) is 4.39. The Morgan fingerprint density at radius 2 is 1.92 bits per heavy atom. The lowest BCUT2D eigenvalue weighted by atomic mass is 10.2. The summed E-state index contributed by atoms with van der Waals surface area (Å²) in [7, 11) is -0.531. The second-order valence-electron chi connectivity index (χ2n) is 5.83. The fourth-order valence-corrected chi connectivity index (χ4v) is 4.26. The zero-order valence-electron chi connectivity index (χ0n) is 14.5. The molecule has 3 N–H and O–H groups in total. The molecule has 0 aliphatic heterocycles. The van der Waals surface area contributed by atoms with Crippen molar-refractivity contribution in [2.45, 2.75) is 36.6 Å². The number of carbonyl (C=O) groups is 1. The molecule has 0 aromatic heterocycles. The number of hydrogen-bond acceptors (Lipinski definition) is 5. The number of likely N-dealkylation sites (N-methyl/N-ethyl adjacent to an activating group) is 1. The quantitative estimate of drug-likeness (QED) is 0.580. The van der Waals surface area contributed by atoms with Crippen molar-refractivity contribution in [1.82, 2.24) is 15.4 Å². The first-order valence-electron chi connectivity index (χ1n) is 8.11. The molecule has 1 aliphatic rings. The van der Waals surface area contributed by atoms with Crippen LogP contribution in [0, 0.1) is 0 Å². The molecule has 0 spiro atoms. The summed E-state index contributed by atoms with van der Waals surface area (Å²) in [5.41, 5.74) is 0.290. The van der Waals surface area contributed by atoms with Gasteiger partial charge in [-0.15, -0.1) is 12.4 Å². The second-order valence-corrected chi connectivity index (χ2v) is 7.51. The van der Waals surface area contributed by atoms with E-state index in [1.807, 2.05) is 0 Å². The van der Waals surface area contributed by atoms with Crippen LogP contribution in [0.15, 0.2) is 23.1 Å². The molecule has 0 unspecified atom stereocenters. The Labute approximate surface area is 155 Å². The van der Waals surface area contributed by atoms with Gasteiger partial charge in [0.05, 0.1) is 7.11 Å². The molecule has 2 rings (SSSR count). The monoisotopic (exact) mass is 391 g/mol. The average molecular weight is 392 g/mol. The van der Waals surface area contributed by atoms with Crippen LogP contribution in [0.5, 0.6) is 5.75 Å². The lowest BCUT2D eigenvalue weighted by Gasteiger charge is -2.15. The number of methoxy groups -OCH3 is 1. The van der Waals surface area contributed by atoms with Crippen LogP contribution in [-0.4, -0.2) is 47.6 Å². The standard InChI is InChI=1S/C16H25N3O4S.ClH/c1-17-9-10-18-16(20)12-7-8-14(23-2)15(11-12)24(21,22)19-13-5-3-4-6-13;/h7-8,11,13,17,19H,3-6,9-10H2,1-2H3,(H,18,20);1H. The van der Waals surface area contributed by atoms with Crippen molar-refractivity contribution in [1.29, 1.82) is 0 Å². The van der Waals surface area contributed by atoms with Crippen LogP contribution < -0.4 is 20.1 Å². The van der Waals surface area contributed by atoms with Gasteiger partial charge in [-0.05, 0) is 38.1 Å². The number of amides is 1. The smallest absolute Gasteiger partial charge is 0.251 e. The summed E-state index contributed by atoms with van der Waals surface area (Å²) >= 11 is 0. The molecule has 25 heavy (non-hydrogen) atoms. The third kappa shape index (κ3) is 5.85. The zero-order valence-corrected chi connectivity index (χ0v) is 16.1. The van der Waals surface area contributed by atoms with Crippen LogP contribution in [0.1, 0.15) is 36.0 Å². The van der Waals surface area contributed by atoms with E-state index in [1.165, 1.54) is 19.2 Å². The van der Waals surface area contributed by atoms with E-state index in [1.54, 1.807) is 13.1 Å². The Balaban J connectivity index is 0.00000312. The van der Waals surface area contributed by atoms with Gasteiger partial charge in [0.25, 0.3) is 5.91 Å². The molecule has 7 nitrogen and oxygen atoms in total. The van der Waals surface area contributed by atoms with Gasteiger partial charge in [0, 0.05) is 24.7 Å². The molecule has 0 heterocycles. The van der Waals surface area contributed by atoms with Crippen LogP contribution in [0.25, 0.3) is 0 Å². The molecule has 1 aromatic rings. The first kappa shape index (κ1) is 21.7. The third-order valence-electron chi connectivity index (χ3n) is 4.05. The van der Waals surface area contributed by atoms with Gasteiger partial charge in [-0.3, -0.25) is 4.79 Å². The minimum Gasteiger partial charge on any atom is -0.495 e. The van der Waals surface area contributed by atoms with Crippen molar-refractivity contribution in [2.24, 2.45) is 0 Å². The van der Waals surface area contributed by atoms with Crippen molar-refractivity contribution in [3.05, 3.63) is 23.8 Å². The lowest BCUT2D eigenvalue weighted by molar-refractivity contribution is 0.0954. The molecule has 1 fully saturated rings. The number of nitrogens with one attached hydrogen (secondary N) is 3. The van der Waals surface area contributed by atoms with Gasteiger partial charge in [0.1, 0.15) is 10.6 Å². The fraction of sp³-hybridized carbons (Fsp3) is 0.562. The van der Waals surface area contributed by atoms with Crippen molar-refractivity contribution in [3.8, 4) is 5.75 Å². The molecule has 1 saturated carbocycles. The Kier molecular flexibility index (Phi) is 8.64. The molecular formula is C16H26ClN3O4S. The van der Waals surface area contributed by atoms with Gasteiger partial charge in [0.15, 0.2) is 0 Å². The molecule has 0 saturated heterocycles. The maximum atomic E-state index is 12.7. The van der Waals surface area contributed by atoms with Gasteiger partial charge >= 0.3 is 0 Å². The van der Waals surface area contributed by atoms with E-state index in [2.05, 4.69) is 15.4 Å². The van der Waals surface area contributed by atoms with Crippen LogP contribution >= 0.6 is 12.4 Å². The van der Waals surface area contributed by atoms with Gasteiger partial charge < -0.3 is 15.4 Å². The Hall–Kier alpha value is -1.35. The molecule has 0 bridgehead atoms. The SMILES string of the molecule is CNCCNC(=O)c1ccc(OC)c(S(=O)(=O)NC2CCCC2)c1.Cl. The molecule has 1 aliphatic carbocycles. The molecule has 142 valence electrons. The second kappa shape index (κ2) is 9.96. The van der Waals surface area contributed by atoms with Crippen molar-refractivity contribution in [3.63, 3.8) is 0 Å². The molecule has 1 aromatic carbocycles. The highest BCUT2D eigenvalue weighted by molar-refractivity contribution is 7.89. The van der Waals surface area contributed by atoms with Crippen molar-refractivity contribution in [2.75, 3.05) is 27.2 Å². The number of hydrogen-bond donors (Lipinski definition) is 3. The van der Waals surface area contributed by atoms with Crippen LogP contribution in [0.4, 0.5) is 0 Å². The van der Waals surface area contributed by atoms with Gasteiger partial charge in [-0.1, -0.05) is 12.8 Å². The largest absolute Gasteiger partial charge is 0.495 e. The Bertz CT molecular complexity index is 676. The molecule has 1 amide bonds. The number of benzene rings is 1. The van der Waals surface area contributed by atoms with Crippen LogP contribution in [0.2, 0.25) is 0 Å². The summed E-state index contributed by atoms with van der Waals surface area (Å²) in [5, 5.41) is 5.66. The summed E-state index contributed by atoms with van der Waals surface area (Å²) < 4.78 is 33.2. The molecule has 0 atom stereocenters. The van der Waals surface area contributed by atoms with E-state index in [4.69, 9.17) is 4.74 Å². The first-order valence-corrected chi connectivity index (χ1v) is 9.59. The van der Waals surface area contributed by atoms with E-state index < -0.39 is 10.0 Å². The van der Waals surface area contributed by atoms with Crippen molar-refractivity contribution < 1.29 is 17.9 Å². The Morgan fingerprint density at radius 1 is 1.24 bits per heavy atom. The lowest BCUT2D eigenvalue weighted by Crippen LogP contribution is -2.33. The van der Waals surface area contributed by atoms with E-state index in [9.17, 15) is 13.2 Å². The first-order chi connectivity index (χ1) is 11.5. The molecular weight excluding hydrogens is 366 g/mol. The minimum absolute atomic E-state index is 0. The Morgan fingerprint density at radius 3 is 2.52 bits per heavy atom. The van der Waals surface area contributed by atoms with E-state index >= 15 is 0 Å². The zero-order chi connectivity index (χ0) is 17.6. The van der Waals surface area contributed by atoms with Gasteiger partial charge in [0.2, 0.25) is 10.0 Å². The summed E-state index contributed by atoms with van der Waals surface area (Å²) in [4.78, 5) is 12.1.